The molecule has 1 atom stereocenters. The van der Waals surface area contributed by atoms with Gasteiger partial charge in [0.1, 0.15) is 11.2 Å². The van der Waals surface area contributed by atoms with Crippen molar-refractivity contribution in [2.75, 3.05) is 0 Å². The zero-order valence-electron chi connectivity index (χ0n) is 19.6. The van der Waals surface area contributed by atoms with Crippen LogP contribution < -0.4 is 5.32 Å². The molecule has 1 aliphatic carbocycles. The number of aryl methyl sites for hydroxylation is 1. The topological polar surface area (TPSA) is 67.5 Å². The summed E-state index contributed by atoms with van der Waals surface area (Å²) in [7, 11) is 0. The van der Waals surface area contributed by atoms with E-state index in [1.807, 2.05) is 48.7 Å². The van der Waals surface area contributed by atoms with Crippen LogP contribution in [-0.2, 0) is 17.9 Å². The van der Waals surface area contributed by atoms with Gasteiger partial charge in [0, 0.05) is 24.7 Å². The Morgan fingerprint density at radius 2 is 1.79 bits per heavy atom. The summed E-state index contributed by atoms with van der Waals surface area (Å²) in [6, 6.07) is 12.0. The molecule has 2 aliphatic rings. The van der Waals surface area contributed by atoms with E-state index < -0.39 is 5.54 Å². The number of carbonyl (C=O) groups excluding carboxylic acids is 2. The maximum atomic E-state index is 13.9. The molecular formula is C27H33N3O3. The van der Waals surface area contributed by atoms with E-state index in [0.29, 0.717) is 24.4 Å². The summed E-state index contributed by atoms with van der Waals surface area (Å²) in [6.07, 6.45) is 9.68. The normalized spacial score (nSPS) is 22.1. The van der Waals surface area contributed by atoms with Gasteiger partial charge >= 0.3 is 0 Å². The maximum Gasteiger partial charge on any atom is 0.271 e. The molecule has 1 saturated carbocycles. The number of hydrogen-bond donors (Lipinski definition) is 1. The molecule has 1 N–H and O–H groups in total. The van der Waals surface area contributed by atoms with Crippen LogP contribution in [0.15, 0.2) is 47.1 Å². The number of amides is 2. The first-order chi connectivity index (χ1) is 16.0. The quantitative estimate of drug-likeness (QED) is 0.599. The van der Waals surface area contributed by atoms with Gasteiger partial charge in [0.25, 0.3) is 5.91 Å². The monoisotopic (exact) mass is 447 g/mol. The smallest absolute Gasteiger partial charge is 0.271 e. The Hall–Kier alpha value is -3.02. The Bertz CT molecular complexity index is 1150. The second kappa shape index (κ2) is 8.73. The summed E-state index contributed by atoms with van der Waals surface area (Å²) in [6.45, 7) is 4.75. The molecule has 2 amide bonds. The highest BCUT2D eigenvalue weighted by molar-refractivity contribution is 6.02. The predicted molar refractivity (Wildman–Crippen MR) is 128 cm³/mol. The summed E-state index contributed by atoms with van der Waals surface area (Å²) in [4.78, 5) is 29.4. The van der Waals surface area contributed by atoms with E-state index in [1.54, 1.807) is 17.2 Å². The van der Waals surface area contributed by atoms with Gasteiger partial charge in [-0.25, -0.2) is 0 Å². The van der Waals surface area contributed by atoms with Crippen LogP contribution in [0.2, 0.25) is 0 Å². The molecule has 6 nitrogen and oxygen atoms in total. The number of fused-ring (bicyclic) bond motifs is 3. The minimum absolute atomic E-state index is 0.0652. The van der Waals surface area contributed by atoms with Gasteiger partial charge in [0.05, 0.1) is 18.3 Å². The van der Waals surface area contributed by atoms with Crippen LogP contribution in [0.5, 0.6) is 0 Å². The van der Waals surface area contributed by atoms with Crippen molar-refractivity contribution in [3.05, 3.63) is 59.5 Å². The molecule has 0 bridgehead atoms. The molecule has 2 aromatic heterocycles. The number of benzene rings is 1. The zero-order chi connectivity index (χ0) is 23.0. The SMILES string of the molecule is Cc1ccc(CN2C(=O)c3cc4occc4n3C[C@]2(C)C(=O)NC2CCCCCCC2)cc1. The number of rotatable bonds is 4. The largest absolute Gasteiger partial charge is 0.463 e. The molecule has 0 saturated heterocycles. The van der Waals surface area contributed by atoms with E-state index in [0.717, 1.165) is 36.8 Å². The molecule has 1 aliphatic heterocycles. The molecular weight excluding hydrogens is 414 g/mol. The molecule has 6 heteroatoms. The van der Waals surface area contributed by atoms with Crippen LogP contribution in [-0.4, -0.2) is 32.9 Å². The lowest BCUT2D eigenvalue weighted by Crippen LogP contribution is -2.64. The molecule has 5 rings (SSSR count). The Morgan fingerprint density at radius 1 is 1.09 bits per heavy atom. The van der Waals surface area contributed by atoms with Crippen molar-refractivity contribution in [2.24, 2.45) is 0 Å². The van der Waals surface area contributed by atoms with Gasteiger partial charge in [-0.15, -0.1) is 0 Å². The van der Waals surface area contributed by atoms with Crippen LogP contribution >= 0.6 is 0 Å². The van der Waals surface area contributed by atoms with Crippen LogP contribution in [0.25, 0.3) is 11.1 Å². The van der Waals surface area contributed by atoms with Crippen LogP contribution in [0.3, 0.4) is 0 Å². The molecule has 3 heterocycles. The van der Waals surface area contributed by atoms with E-state index in [-0.39, 0.29) is 17.9 Å². The van der Waals surface area contributed by atoms with Crippen molar-refractivity contribution < 1.29 is 14.0 Å². The first kappa shape index (κ1) is 21.8. The maximum absolute atomic E-state index is 13.9. The first-order valence-corrected chi connectivity index (χ1v) is 12.2. The van der Waals surface area contributed by atoms with Gasteiger partial charge in [-0.05, 0) is 32.3 Å². The standard InChI is InChI=1S/C27H33N3O3/c1-19-10-12-20(13-11-19)17-30-25(31)23-16-24-22(14-15-33-24)29(23)18-27(30,2)26(32)28-21-8-6-4-3-5-7-9-21/h10-16,21H,3-9,17-18H2,1-2H3,(H,28,32)/t27-/m1/s1. The third-order valence-corrected chi connectivity index (χ3v) is 7.44. The number of nitrogens with zero attached hydrogens (tertiary/aromatic N) is 2. The lowest BCUT2D eigenvalue weighted by Gasteiger charge is -2.44. The highest BCUT2D eigenvalue weighted by atomic mass is 16.3. The average molecular weight is 448 g/mol. The van der Waals surface area contributed by atoms with Gasteiger partial charge < -0.3 is 19.2 Å². The van der Waals surface area contributed by atoms with E-state index in [4.69, 9.17) is 4.42 Å². The molecule has 3 aromatic rings. The summed E-state index contributed by atoms with van der Waals surface area (Å²) in [5, 5.41) is 3.34. The number of nitrogens with one attached hydrogen (secondary N) is 1. The van der Waals surface area contributed by atoms with Crippen LogP contribution in [0, 0.1) is 6.92 Å². The van der Waals surface area contributed by atoms with Crippen LogP contribution in [0.4, 0.5) is 0 Å². The number of aromatic nitrogens is 1. The Labute approximate surface area is 194 Å². The molecule has 0 radical (unpaired) electrons. The minimum atomic E-state index is -0.999. The van der Waals surface area contributed by atoms with Gasteiger partial charge in [0.2, 0.25) is 5.91 Å². The summed E-state index contributed by atoms with van der Waals surface area (Å²) in [5.74, 6) is -0.201. The molecule has 33 heavy (non-hydrogen) atoms. The van der Waals surface area contributed by atoms with Crippen molar-refractivity contribution in [3.8, 4) is 0 Å². The average Bonchev–Trinajstić information content (AvgIpc) is 3.36. The van der Waals surface area contributed by atoms with Crippen molar-refractivity contribution in [1.82, 2.24) is 14.8 Å². The molecule has 0 unspecified atom stereocenters. The van der Waals surface area contributed by atoms with E-state index in [2.05, 4.69) is 5.32 Å². The summed E-state index contributed by atoms with van der Waals surface area (Å²) < 4.78 is 7.52. The fourth-order valence-corrected chi connectivity index (χ4v) is 5.34. The zero-order valence-corrected chi connectivity index (χ0v) is 19.6. The van der Waals surface area contributed by atoms with Gasteiger partial charge in [-0.1, -0.05) is 61.9 Å². The fourth-order valence-electron chi connectivity index (χ4n) is 5.34. The van der Waals surface area contributed by atoms with E-state index in [1.165, 1.54) is 24.8 Å². The number of carbonyl (C=O) groups is 2. The van der Waals surface area contributed by atoms with Gasteiger partial charge in [-0.2, -0.15) is 0 Å². The van der Waals surface area contributed by atoms with Crippen molar-refractivity contribution in [2.45, 2.75) is 83.5 Å². The van der Waals surface area contributed by atoms with Gasteiger partial charge in [0.15, 0.2) is 5.58 Å². The third kappa shape index (κ3) is 4.07. The summed E-state index contributed by atoms with van der Waals surface area (Å²) in [5.41, 5.74) is 3.30. The third-order valence-electron chi connectivity index (χ3n) is 7.44. The second-order valence-electron chi connectivity index (χ2n) is 9.95. The van der Waals surface area contributed by atoms with Crippen molar-refractivity contribution >= 4 is 22.9 Å². The number of hydrogen-bond acceptors (Lipinski definition) is 3. The lowest BCUT2D eigenvalue weighted by atomic mass is 9.91. The number of furan rings is 1. The van der Waals surface area contributed by atoms with Crippen molar-refractivity contribution in [1.29, 1.82) is 0 Å². The molecule has 1 aromatic carbocycles. The van der Waals surface area contributed by atoms with Crippen LogP contribution in [0.1, 0.15) is 73.5 Å². The van der Waals surface area contributed by atoms with Gasteiger partial charge in [-0.3, -0.25) is 9.59 Å². The molecule has 0 spiro atoms. The van der Waals surface area contributed by atoms with E-state index in [9.17, 15) is 9.59 Å². The lowest BCUT2D eigenvalue weighted by molar-refractivity contribution is -0.134. The Balaban J connectivity index is 1.49. The highest BCUT2D eigenvalue weighted by Gasteiger charge is 2.48. The fraction of sp³-hybridized carbons (Fsp3) is 0.481. The Morgan fingerprint density at radius 3 is 2.52 bits per heavy atom. The van der Waals surface area contributed by atoms with E-state index >= 15 is 0 Å². The second-order valence-corrected chi connectivity index (χ2v) is 9.95. The Kier molecular flexibility index (Phi) is 5.77. The molecule has 1 fully saturated rings. The van der Waals surface area contributed by atoms with Crippen molar-refractivity contribution in [3.63, 3.8) is 0 Å². The first-order valence-electron chi connectivity index (χ1n) is 12.2. The highest BCUT2D eigenvalue weighted by Crippen LogP contribution is 2.34. The predicted octanol–water partition coefficient (Wildman–Crippen LogP) is 5.19. The molecule has 174 valence electrons. The minimum Gasteiger partial charge on any atom is -0.463 e. The summed E-state index contributed by atoms with van der Waals surface area (Å²) >= 11 is 0.